The van der Waals surface area contributed by atoms with Crippen molar-refractivity contribution in [1.82, 2.24) is 5.32 Å². The van der Waals surface area contributed by atoms with E-state index in [-0.39, 0.29) is 6.61 Å². The Morgan fingerprint density at radius 3 is 2.35 bits per heavy atom. The summed E-state index contributed by atoms with van der Waals surface area (Å²) in [6.07, 6.45) is 0. The summed E-state index contributed by atoms with van der Waals surface area (Å²) in [4.78, 5) is 23.3. The van der Waals surface area contributed by atoms with Gasteiger partial charge in [-0.3, -0.25) is 9.35 Å². The molecule has 1 aromatic carbocycles. The van der Waals surface area contributed by atoms with Crippen molar-refractivity contribution in [3.63, 3.8) is 0 Å². The Balaban J connectivity index is 2.98. The molecule has 0 radical (unpaired) electrons. The van der Waals surface area contributed by atoms with Gasteiger partial charge in [0.05, 0.1) is 6.61 Å². The van der Waals surface area contributed by atoms with Crippen LogP contribution < -0.4 is 5.32 Å². The summed E-state index contributed by atoms with van der Waals surface area (Å²) in [5.74, 6) is -8.40. The number of carbonyl (C=O) groups is 2. The highest BCUT2D eigenvalue weighted by molar-refractivity contribution is 7.85. The minimum absolute atomic E-state index is 0.161. The van der Waals surface area contributed by atoms with Crippen molar-refractivity contribution in [1.29, 1.82) is 0 Å². The van der Waals surface area contributed by atoms with Crippen LogP contribution in [0, 0.1) is 0 Å². The number of hydrogen-bond donors (Lipinski definition) is 2. The van der Waals surface area contributed by atoms with E-state index >= 15 is 0 Å². The Kier molecular flexibility index (Phi) is 6.16. The van der Waals surface area contributed by atoms with Crippen molar-refractivity contribution >= 4 is 22.0 Å². The van der Waals surface area contributed by atoms with E-state index in [0.717, 1.165) is 12.1 Å². The van der Waals surface area contributed by atoms with Crippen LogP contribution in [0.2, 0.25) is 0 Å². The molecule has 1 aromatic rings. The number of rotatable bonds is 7. The average molecular weight is 351 g/mol. The second-order valence-corrected chi connectivity index (χ2v) is 5.96. The third kappa shape index (κ3) is 5.57. The molecule has 10 heteroatoms. The van der Waals surface area contributed by atoms with E-state index in [1.165, 1.54) is 25.1 Å². The molecule has 0 bridgehead atoms. The number of ether oxygens (including phenoxy) is 1. The van der Waals surface area contributed by atoms with E-state index < -0.39 is 45.3 Å². The number of benzene rings is 1. The van der Waals surface area contributed by atoms with E-state index in [9.17, 15) is 26.8 Å². The van der Waals surface area contributed by atoms with Gasteiger partial charge in [0.25, 0.3) is 16.0 Å². The summed E-state index contributed by atoms with van der Waals surface area (Å²) in [6, 6.07) is 4.10. The Hall–Kier alpha value is -2.07. The molecule has 7 nitrogen and oxygen atoms in total. The normalized spacial score (nSPS) is 13.2. The zero-order valence-corrected chi connectivity index (χ0v) is 12.8. The zero-order valence-electron chi connectivity index (χ0n) is 12.0. The Bertz CT molecular complexity index is 662. The molecule has 2 N–H and O–H groups in total. The maximum atomic E-state index is 14.0. The molecule has 1 unspecified atom stereocenters. The van der Waals surface area contributed by atoms with Gasteiger partial charge in [0, 0.05) is 5.56 Å². The fourth-order valence-corrected chi connectivity index (χ4v) is 2.29. The minimum Gasteiger partial charge on any atom is -0.464 e. The van der Waals surface area contributed by atoms with Crippen LogP contribution in [0.15, 0.2) is 30.3 Å². The highest BCUT2D eigenvalue weighted by Crippen LogP contribution is 2.28. The molecule has 0 aromatic heterocycles. The first-order valence-corrected chi connectivity index (χ1v) is 8.05. The Morgan fingerprint density at radius 1 is 1.30 bits per heavy atom. The molecule has 1 amide bonds. The van der Waals surface area contributed by atoms with Gasteiger partial charge in [-0.1, -0.05) is 30.3 Å². The maximum Gasteiger partial charge on any atom is 0.349 e. The molecule has 0 aliphatic carbocycles. The van der Waals surface area contributed by atoms with Gasteiger partial charge in [0.15, 0.2) is 0 Å². The largest absolute Gasteiger partial charge is 0.464 e. The standard InChI is InChI=1S/C13H15F2NO6S/c1-2-22-11(17)10(8-23(19,20)21)16-12(18)13(14,15)9-6-4-3-5-7-9/h3-7,10H,2,8H2,1H3,(H,16,18)(H,19,20,21). The molecule has 23 heavy (non-hydrogen) atoms. The van der Waals surface area contributed by atoms with Gasteiger partial charge in [-0.25, -0.2) is 4.79 Å². The Morgan fingerprint density at radius 2 is 1.87 bits per heavy atom. The number of amides is 1. The number of nitrogens with one attached hydrogen (secondary N) is 1. The maximum absolute atomic E-state index is 14.0. The number of hydrogen-bond acceptors (Lipinski definition) is 5. The lowest BCUT2D eigenvalue weighted by Gasteiger charge is -2.20. The monoisotopic (exact) mass is 351 g/mol. The van der Waals surface area contributed by atoms with E-state index in [0.29, 0.717) is 0 Å². The molecular formula is C13H15F2NO6S. The highest BCUT2D eigenvalue weighted by atomic mass is 32.2. The van der Waals surface area contributed by atoms with E-state index in [1.54, 1.807) is 5.32 Å². The lowest BCUT2D eigenvalue weighted by molar-refractivity contribution is -0.154. The molecule has 0 fully saturated rings. The fraction of sp³-hybridized carbons (Fsp3) is 0.385. The van der Waals surface area contributed by atoms with E-state index in [4.69, 9.17) is 4.55 Å². The summed E-state index contributed by atoms with van der Waals surface area (Å²) in [5.41, 5.74) is -0.632. The van der Waals surface area contributed by atoms with Gasteiger partial charge in [0.2, 0.25) is 0 Å². The fourth-order valence-electron chi connectivity index (χ4n) is 1.65. The molecule has 0 saturated carbocycles. The van der Waals surface area contributed by atoms with Crippen LogP contribution in [0.5, 0.6) is 0 Å². The topological polar surface area (TPSA) is 110 Å². The third-order valence-electron chi connectivity index (χ3n) is 2.68. The van der Waals surface area contributed by atoms with E-state index in [2.05, 4.69) is 4.74 Å². The molecule has 1 rings (SSSR count). The zero-order chi connectivity index (χ0) is 17.7. The van der Waals surface area contributed by atoms with Gasteiger partial charge >= 0.3 is 11.9 Å². The minimum atomic E-state index is -4.70. The first kappa shape index (κ1) is 19.0. The van der Waals surface area contributed by atoms with Crippen LogP contribution in [-0.4, -0.2) is 43.2 Å². The van der Waals surface area contributed by atoms with Crippen molar-refractivity contribution in [3.05, 3.63) is 35.9 Å². The van der Waals surface area contributed by atoms with Crippen molar-refractivity contribution in [2.45, 2.75) is 18.9 Å². The summed E-state index contributed by atoms with van der Waals surface area (Å²) in [7, 11) is -4.70. The van der Waals surface area contributed by atoms with Gasteiger partial charge in [-0.2, -0.15) is 17.2 Å². The molecule has 0 spiro atoms. The summed E-state index contributed by atoms with van der Waals surface area (Å²) < 4.78 is 63.0. The first-order valence-electron chi connectivity index (χ1n) is 6.44. The third-order valence-corrected chi connectivity index (χ3v) is 3.43. The van der Waals surface area contributed by atoms with Gasteiger partial charge < -0.3 is 10.1 Å². The van der Waals surface area contributed by atoms with Crippen LogP contribution in [0.4, 0.5) is 8.78 Å². The van der Waals surface area contributed by atoms with Crippen molar-refractivity contribution in [2.75, 3.05) is 12.4 Å². The molecular weight excluding hydrogens is 336 g/mol. The Labute approximate surface area is 131 Å². The lowest BCUT2D eigenvalue weighted by Crippen LogP contribution is -2.50. The molecule has 0 saturated heterocycles. The summed E-state index contributed by atoms with van der Waals surface area (Å²) in [6.45, 7) is 1.24. The SMILES string of the molecule is CCOC(=O)C(CS(=O)(=O)O)NC(=O)C(F)(F)c1ccccc1. The second kappa shape index (κ2) is 7.47. The molecule has 128 valence electrons. The van der Waals surface area contributed by atoms with Crippen LogP contribution in [0.1, 0.15) is 12.5 Å². The summed E-state index contributed by atoms with van der Waals surface area (Å²) in [5, 5.41) is 1.59. The molecule has 1 atom stereocenters. The van der Waals surface area contributed by atoms with Crippen molar-refractivity contribution in [2.24, 2.45) is 0 Å². The van der Waals surface area contributed by atoms with Crippen LogP contribution in [0.25, 0.3) is 0 Å². The second-order valence-electron chi connectivity index (χ2n) is 4.47. The first-order chi connectivity index (χ1) is 10.6. The smallest absolute Gasteiger partial charge is 0.349 e. The predicted molar refractivity (Wildman–Crippen MR) is 75.3 cm³/mol. The number of carbonyl (C=O) groups excluding carboxylic acids is 2. The number of esters is 1. The van der Waals surface area contributed by atoms with Crippen LogP contribution in [0.3, 0.4) is 0 Å². The van der Waals surface area contributed by atoms with Crippen LogP contribution >= 0.6 is 0 Å². The molecule has 0 heterocycles. The predicted octanol–water partition coefficient (Wildman–Crippen LogP) is 0.714. The number of alkyl halides is 2. The quantitative estimate of drug-likeness (QED) is 0.553. The average Bonchev–Trinajstić information content (AvgIpc) is 2.46. The lowest BCUT2D eigenvalue weighted by atomic mass is 10.1. The molecule has 0 aliphatic heterocycles. The van der Waals surface area contributed by atoms with Crippen molar-refractivity contribution in [3.8, 4) is 0 Å². The van der Waals surface area contributed by atoms with E-state index in [1.807, 2.05) is 0 Å². The van der Waals surface area contributed by atoms with Crippen LogP contribution in [-0.2, 0) is 30.4 Å². The van der Waals surface area contributed by atoms with Gasteiger partial charge in [0.1, 0.15) is 11.8 Å². The van der Waals surface area contributed by atoms with Gasteiger partial charge in [-0.15, -0.1) is 0 Å². The summed E-state index contributed by atoms with van der Waals surface area (Å²) >= 11 is 0. The highest BCUT2D eigenvalue weighted by Gasteiger charge is 2.43. The molecule has 0 aliphatic rings. The van der Waals surface area contributed by atoms with Crippen molar-refractivity contribution < 1.29 is 36.1 Å². The van der Waals surface area contributed by atoms with Gasteiger partial charge in [-0.05, 0) is 6.92 Å². The number of halogens is 2.